The van der Waals surface area contributed by atoms with E-state index >= 15 is 0 Å². The molecule has 4 heteroatoms. The number of anilines is 1. The molecule has 0 radical (unpaired) electrons. The summed E-state index contributed by atoms with van der Waals surface area (Å²) in [5.74, 6) is 1.02. The van der Waals surface area contributed by atoms with Crippen molar-refractivity contribution < 1.29 is 0 Å². The third-order valence-corrected chi connectivity index (χ3v) is 3.67. The molecule has 104 valence electrons. The van der Waals surface area contributed by atoms with Crippen LogP contribution in [0.2, 0.25) is 0 Å². The lowest BCUT2D eigenvalue weighted by Gasteiger charge is -2.12. The van der Waals surface area contributed by atoms with Gasteiger partial charge in [-0.3, -0.25) is 0 Å². The standard InChI is InChI=1S/C15H24N4/c1-4-5-6-7-8-11(2)15-12(3)17-14-10-9-13(16)18-19(14)15/h9-11H,4-8H2,1-3H3,(H2,16,18). The quantitative estimate of drug-likeness (QED) is 0.806. The SMILES string of the molecule is CCCCCCC(C)c1c(C)nc2ccc(N)nn12. The van der Waals surface area contributed by atoms with Gasteiger partial charge >= 0.3 is 0 Å². The van der Waals surface area contributed by atoms with Gasteiger partial charge in [0.05, 0.1) is 11.4 Å². The van der Waals surface area contributed by atoms with Crippen molar-refractivity contribution in [3.05, 3.63) is 23.5 Å². The third-order valence-electron chi connectivity index (χ3n) is 3.67. The topological polar surface area (TPSA) is 56.2 Å². The number of nitrogens with zero attached hydrogens (tertiary/aromatic N) is 3. The molecule has 0 aliphatic rings. The normalized spacial score (nSPS) is 13.0. The second-order valence-electron chi connectivity index (χ2n) is 5.36. The van der Waals surface area contributed by atoms with Crippen molar-refractivity contribution in [2.75, 3.05) is 5.73 Å². The van der Waals surface area contributed by atoms with Gasteiger partial charge < -0.3 is 5.73 Å². The smallest absolute Gasteiger partial charge is 0.154 e. The lowest BCUT2D eigenvalue weighted by molar-refractivity contribution is 0.562. The van der Waals surface area contributed by atoms with Crippen LogP contribution in [0.25, 0.3) is 5.65 Å². The fourth-order valence-electron chi connectivity index (χ4n) is 2.65. The summed E-state index contributed by atoms with van der Waals surface area (Å²) in [5.41, 5.74) is 8.95. The zero-order valence-electron chi connectivity index (χ0n) is 12.2. The molecule has 0 saturated carbocycles. The molecule has 2 rings (SSSR count). The summed E-state index contributed by atoms with van der Waals surface area (Å²) in [6.07, 6.45) is 6.37. The van der Waals surface area contributed by atoms with Gasteiger partial charge in [0.15, 0.2) is 5.65 Å². The Balaban J connectivity index is 2.18. The van der Waals surface area contributed by atoms with Crippen molar-refractivity contribution in [1.82, 2.24) is 14.6 Å². The van der Waals surface area contributed by atoms with E-state index in [1.165, 1.54) is 37.8 Å². The van der Waals surface area contributed by atoms with Gasteiger partial charge in [0.2, 0.25) is 0 Å². The molecule has 0 spiro atoms. The van der Waals surface area contributed by atoms with Crippen molar-refractivity contribution in [1.29, 1.82) is 0 Å². The molecular weight excluding hydrogens is 236 g/mol. The summed E-state index contributed by atoms with van der Waals surface area (Å²) in [6, 6.07) is 3.74. The molecule has 0 bridgehead atoms. The highest BCUT2D eigenvalue weighted by atomic mass is 15.3. The van der Waals surface area contributed by atoms with E-state index in [1.54, 1.807) is 6.07 Å². The van der Waals surface area contributed by atoms with Gasteiger partial charge in [-0.1, -0.05) is 39.5 Å². The van der Waals surface area contributed by atoms with E-state index in [0.717, 1.165) is 11.3 Å². The molecule has 0 fully saturated rings. The first kappa shape index (κ1) is 13.8. The zero-order valence-corrected chi connectivity index (χ0v) is 12.2. The molecule has 0 aromatic carbocycles. The summed E-state index contributed by atoms with van der Waals surface area (Å²) in [4.78, 5) is 4.56. The lowest BCUT2D eigenvalue weighted by atomic mass is 9.98. The first-order valence-electron chi connectivity index (χ1n) is 7.25. The van der Waals surface area contributed by atoms with Crippen LogP contribution in [0.15, 0.2) is 12.1 Å². The minimum absolute atomic E-state index is 0.473. The number of fused-ring (bicyclic) bond motifs is 1. The molecule has 4 nitrogen and oxygen atoms in total. The van der Waals surface area contributed by atoms with Gasteiger partial charge in [-0.25, -0.2) is 9.50 Å². The highest BCUT2D eigenvalue weighted by Crippen LogP contribution is 2.25. The maximum atomic E-state index is 5.78. The summed E-state index contributed by atoms with van der Waals surface area (Å²) >= 11 is 0. The maximum absolute atomic E-state index is 5.78. The molecule has 1 unspecified atom stereocenters. The van der Waals surface area contributed by atoms with E-state index in [-0.39, 0.29) is 0 Å². The van der Waals surface area contributed by atoms with Gasteiger partial charge in [-0.2, -0.15) is 0 Å². The first-order valence-corrected chi connectivity index (χ1v) is 7.25. The molecule has 2 aromatic heterocycles. The average molecular weight is 260 g/mol. The molecule has 1 atom stereocenters. The average Bonchev–Trinajstić information content (AvgIpc) is 2.70. The number of hydrogen-bond acceptors (Lipinski definition) is 3. The van der Waals surface area contributed by atoms with E-state index < -0.39 is 0 Å². The van der Waals surface area contributed by atoms with Crippen molar-refractivity contribution >= 4 is 11.5 Å². The monoisotopic (exact) mass is 260 g/mol. The van der Waals surface area contributed by atoms with Crippen LogP contribution >= 0.6 is 0 Å². The van der Waals surface area contributed by atoms with Crippen LogP contribution in [0.1, 0.15) is 63.3 Å². The molecule has 19 heavy (non-hydrogen) atoms. The van der Waals surface area contributed by atoms with E-state index in [9.17, 15) is 0 Å². The fourth-order valence-corrected chi connectivity index (χ4v) is 2.65. The molecule has 0 aliphatic carbocycles. The number of rotatable bonds is 6. The number of hydrogen-bond donors (Lipinski definition) is 1. The Morgan fingerprint density at radius 1 is 1.26 bits per heavy atom. The van der Waals surface area contributed by atoms with Crippen LogP contribution in [-0.2, 0) is 0 Å². The number of imidazole rings is 1. The molecule has 2 aromatic rings. The fraction of sp³-hybridized carbons (Fsp3) is 0.600. The van der Waals surface area contributed by atoms with Gasteiger partial charge in [-0.05, 0) is 25.5 Å². The second kappa shape index (κ2) is 6.04. The van der Waals surface area contributed by atoms with E-state index in [4.69, 9.17) is 5.73 Å². The van der Waals surface area contributed by atoms with Crippen molar-refractivity contribution in [2.45, 2.75) is 58.8 Å². The van der Waals surface area contributed by atoms with Crippen LogP contribution < -0.4 is 5.73 Å². The summed E-state index contributed by atoms with van der Waals surface area (Å²) < 4.78 is 1.91. The Labute approximate surface area is 115 Å². The first-order chi connectivity index (χ1) is 9.13. The molecule has 0 amide bonds. The summed E-state index contributed by atoms with van der Waals surface area (Å²) in [5, 5.41) is 4.39. The molecule has 0 aliphatic heterocycles. The van der Waals surface area contributed by atoms with Gasteiger partial charge in [0.25, 0.3) is 0 Å². The number of aromatic nitrogens is 3. The highest BCUT2D eigenvalue weighted by Gasteiger charge is 2.16. The summed E-state index contributed by atoms with van der Waals surface area (Å²) in [6.45, 7) is 6.56. The Morgan fingerprint density at radius 3 is 2.79 bits per heavy atom. The number of nitrogen functional groups attached to an aromatic ring is 1. The van der Waals surface area contributed by atoms with Crippen LogP contribution in [0.3, 0.4) is 0 Å². The minimum Gasteiger partial charge on any atom is -0.382 e. The number of nitrogens with two attached hydrogens (primary N) is 1. The molecule has 2 N–H and O–H groups in total. The predicted octanol–water partition coefficient (Wildman–Crippen LogP) is 3.69. The Morgan fingerprint density at radius 2 is 2.05 bits per heavy atom. The minimum atomic E-state index is 0.473. The van der Waals surface area contributed by atoms with Crippen LogP contribution in [-0.4, -0.2) is 14.6 Å². The summed E-state index contributed by atoms with van der Waals surface area (Å²) in [7, 11) is 0. The maximum Gasteiger partial charge on any atom is 0.154 e. The van der Waals surface area contributed by atoms with Crippen molar-refractivity contribution in [3.8, 4) is 0 Å². The molecule has 0 saturated heterocycles. The predicted molar refractivity (Wildman–Crippen MR) is 79.3 cm³/mol. The highest BCUT2D eigenvalue weighted by molar-refractivity contribution is 5.46. The largest absolute Gasteiger partial charge is 0.382 e. The Hall–Kier alpha value is -1.58. The zero-order chi connectivity index (χ0) is 13.8. The Kier molecular flexibility index (Phi) is 4.40. The van der Waals surface area contributed by atoms with Crippen molar-refractivity contribution in [3.63, 3.8) is 0 Å². The number of unbranched alkanes of at least 4 members (excludes halogenated alkanes) is 3. The van der Waals surface area contributed by atoms with Gasteiger partial charge in [0.1, 0.15) is 5.82 Å². The van der Waals surface area contributed by atoms with E-state index in [0.29, 0.717) is 11.7 Å². The lowest BCUT2D eigenvalue weighted by Crippen LogP contribution is -2.05. The van der Waals surface area contributed by atoms with Crippen molar-refractivity contribution in [2.24, 2.45) is 0 Å². The van der Waals surface area contributed by atoms with Gasteiger partial charge in [-0.15, -0.1) is 5.10 Å². The van der Waals surface area contributed by atoms with Crippen LogP contribution in [0.5, 0.6) is 0 Å². The van der Waals surface area contributed by atoms with E-state index in [1.807, 2.05) is 10.6 Å². The molecule has 2 heterocycles. The van der Waals surface area contributed by atoms with E-state index in [2.05, 4.69) is 30.9 Å². The number of aryl methyl sites for hydroxylation is 1. The Bertz CT molecular complexity index is 544. The van der Waals surface area contributed by atoms with Crippen LogP contribution in [0.4, 0.5) is 5.82 Å². The third kappa shape index (κ3) is 3.06. The second-order valence-corrected chi connectivity index (χ2v) is 5.36. The van der Waals surface area contributed by atoms with Crippen LogP contribution in [0, 0.1) is 6.92 Å². The van der Waals surface area contributed by atoms with Gasteiger partial charge in [0, 0.05) is 5.92 Å². The molecular formula is C15H24N4.